The molecule has 3 nitrogen and oxygen atoms in total. The van der Waals surface area contributed by atoms with E-state index in [2.05, 4.69) is 29.2 Å². The predicted octanol–water partition coefficient (Wildman–Crippen LogP) is 3.37. The van der Waals surface area contributed by atoms with Gasteiger partial charge in [-0.05, 0) is 37.8 Å². The first-order valence-electron chi connectivity index (χ1n) is 6.26. The topological polar surface area (TPSA) is 40.2 Å². The average Bonchev–Trinajstić information content (AvgIpc) is 2.77. The first-order chi connectivity index (χ1) is 8.76. The van der Waals surface area contributed by atoms with Gasteiger partial charge in [-0.2, -0.15) is 0 Å². The highest BCUT2D eigenvalue weighted by Gasteiger charge is 2.06. The molecule has 2 rings (SSSR count). The molecule has 0 aliphatic heterocycles. The van der Waals surface area contributed by atoms with E-state index in [1.807, 2.05) is 13.0 Å². The summed E-state index contributed by atoms with van der Waals surface area (Å²) >= 11 is 1.74. The Morgan fingerprint density at radius 3 is 2.94 bits per heavy atom. The van der Waals surface area contributed by atoms with Gasteiger partial charge in [0.1, 0.15) is 0 Å². The lowest BCUT2D eigenvalue weighted by molar-refractivity contribution is 0.142. The monoisotopic (exact) mass is 264 g/mol. The molecule has 0 radical (unpaired) electrons. The molecule has 4 heteroatoms. The minimum atomic E-state index is 0.788. The number of thioether (sulfide) groups is 1. The molecule has 0 spiro atoms. The third kappa shape index (κ3) is 2.82. The zero-order valence-electron chi connectivity index (χ0n) is 11.0. The van der Waals surface area contributed by atoms with Gasteiger partial charge in [-0.15, -0.1) is 11.8 Å². The van der Waals surface area contributed by atoms with Crippen LogP contribution in [0.2, 0.25) is 0 Å². The number of aromatic nitrogens is 1. The lowest BCUT2D eigenvalue weighted by Crippen LogP contribution is -2.01. The van der Waals surface area contributed by atoms with Crippen molar-refractivity contribution in [2.45, 2.75) is 24.8 Å². The van der Waals surface area contributed by atoms with E-state index in [4.69, 9.17) is 10.5 Å². The smallest absolute Gasteiger partial charge is 0.0512 e. The van der Waals surface area contributed by atoms with Crippen LogP contribution in [-0.4, -0.2) is 24.0 Å². The Labute approximate surface area is 112 Å². The summed E-state index contributed by atoms with van der Waals surface area (Å²) < 4.78 is 7.62. The summed E-state index contributed by atoms with van der Waals surface area (Å²) in [6.45, 7) is 4.60. The van der Waals surface area contributed by atoms with E-state index in [0.29, 0.717) is 0 Å². The molecule has 0 bridgehead atoms. The Morgan fingerprint density at radius 1 is 1.39 bits per heavy atom. The van der Waals surface area contributed by atoms with Crippen molar-refractivity contribution in [1.29, 1.82) is 0 Å². The van der Waals surface area contributed by atoms with E-state index in [0.717, 1.165) is 31.9 Å². The maximum atomic E-state index is 5.95. The van der Waals surface area contributed by atoms with Crippen molar-refractivity contribution in [2.75, 3.05) is 25.2 Å². The van der Waals surface area contributed by atoms with Crippen LogP contribution in [-0.2, 0) is 11.3 Å². The molecule has 0 aliphatic carbocycles. The van der Waals surface area contributed by atoms with Crippen molar-refractivity contribution < 1.29 is 4.74 Å². The molecule has 0 unspecified atom stereocenters. The van der Waals surface area contributed by atoms with Crippen molar-refractivity contribution >= 4 is 28.4 Å². The normalized spacial score (nSPS) is 11.2. The molecular weight excluding hydrogens is 244 g/mol. The van der Waals surface area contributed by atoms with Crippen LogP contribution in [0.5, 0.6) is 0 Å². The predicted molar refractivity (Wildman–Crippen MR) is 79.2 cm³/mol. The molecule has 0 amide bonds. The molecular formula is C14H20N2OS. The molecule has 2 aromatic rings. The van der Waals surface area contributed by atoms with Crippen LogP contribution >= 0.6 is 11.8 Å². The van der Waals surface area contributed by atoms with Gasteiger partial charge in [0.2, 0.25) is 0 Å². The summed E-state index contributed by atoms with van der Waals surface area (Å²) in [7, 11) is 0. The summed E-state index contributed by atoms with van der Waals surface area (Å²) in [6.07, 6.45) is 5.25. The van der Waals surface area contributed by atoms with Crippen molar-refractivity contribution in [2.24, 2.45) is 0 Å². The van der Waals surface area contributed by atoms with E-state index < -0.39 is 0 Å². The number of fused-ring (bicyclic) bond motifs is 1. The lowest BCUT2D eigenvalue weighted by atomic mass is 10.2. The highest BCUT2D eigenvalue weighted by molar-refractivity contribution is 7.98. The number of hydrogen-bond donors (Lipinski definition) is 1. The molecule has 18 heavy (non-hydrogen) atoms. The molecule has 1 aromatic heterocycles. The van der Waals surface area contributed by atoms with E-state index in [1.165, 1.54) is 15.8 Å². The second-order valence-corrected chi connectivity index (χ2v) is 5.06. The molecule has 1 heterocycles. The van der Waals surface area contributed by atoms with Gasteiger partial charge in [0.05, 0.1) is 5.52 Å². The van der Waals surface area contributed by atoms with Crippen LogP contribution in [0.15, 0.2) is 29.3 Å². The van der Waals surface area contributed by atoms with Gasteiger partial charge >= 0.3 is 0 Å². The zero-order chi connectivity index (χ0) is 13.0. The molecule has 0 atom stereocenters. The Kier molecular flexibility index (Phi) is 4.55. The first-order valence-corrected chi connectivity index (χ1v) is 7.48. The van der Waals surface area contributed by atoms with Crippen LogP contribution < -0.4 is 5.73 Å². The summed E-state index contributed by atoms with van der Waals surface area (Å²) in [5, 5.41) is 1.29. The number of hydrogen-bond acceptors (Lipinski definition) is 3. The number of rotatable bonds is 6. The second-order valence-electron chi connectivity index (χ2n) is 4.22. The SMILES string of the molecule is CCOCCCn1ccc2c(SC)cc(N)cc21. The van der Waals surface area contributed by atoms with Gasteiger partial charge in [-0.25, -0.2) is 0 Å². The van der Waals surface area contributed by atoms with Crippen molar-refractivity contribution in [3.63, 3.8) is 0 Å². The fourth-order valence-corrected chi connectivity index (χ4v) is 2.77. The van der Waals surface area contributed by atoms with E-state index in [1.54, 1.807) is 11.8 Å². The maximum Gasteiger partial charge on any atom is 0.0512 e. The number of benzene rings is 1. The molecule has 0 fully saturated rings. The summed E-state index contributed by atoms with van der Waals surface area (Å²) in [5.74, 6) is 0. The number of aryl methyl sites for hydroxylation is 1. The standard InChI is InChI=1S/C14H20N2OS/c1-3-17-8-4-6-16-7-5-12-13(16)9-11(15)10-14(12)18-2/h5,7,9-10H,3-4,6,8,15H2,1-2H3. The minimum Gasteiger partial charge on any atom is -0.399 e. The third-order valence-corrected chi connectivity index (χ3v) is 3.76. The Bertz CT molecular complexity index is 522. The van der Waals surface area contributed by atoms with Gasteiger partial charge in [-0.1, -0.05) is 0 Å². The highest BCUT2D eigenvalue weighted by Crippen LogP contribution is 2.30. The average molecular weight is 264 g/mol. The summed E-state index contributed by atoms with van der Waals surface area (Å²) in [4.78, 5) is 1.24. The van der Waals surface area contributed by atoms with Gasteiger partial charge < -0.3 is 15.0 Å². The summed E-state index contributed by atoms with van der Waals surface area (Å²) in [5.41, 5.74) is 8.00. The molecule has 0 saturated carbocycles. The Balaban J connectivity index is 2.21. The number of ether oxygens (including phenoxy) is 1. The van der Waals surface area contributed by atoms with Crippen LogP contribution in [0, 0.1) is 0 Å². The van der Waals surface area contributed by atoms with Gasteiger partial charge in [0, 0.05) is 41.9 Å². The van der Waals surface area contributed by atoms with Crippen LogP contribution in [0.4, 0.5) is 5.69 Å². The maximum absolute atomic E-state index is 5.95. The Hall–Kier alpha value is -1.13. The fraction of sp³-hybridized carbons (Fsp3) is 0.429. The Morgan fingerprint density at radius 2 is 2.22 bits per heavy atom. The third-order valence-electron chi connectivity index (χ3n) is 2.98. The van der Waals surface area contributed by atoms with Crippen molar-refractivity contribution in [3.8, 4) is 0 Å². The van der Waals surface area contributed by atoms with E-state index in [-0.39, 0.29) is 0 Å². The van der Waals surface area contributed by atoms with Crippen molar-refractivity contribution in [1.82, 2.24) is 4.57 Å². The molecule has 1 aromatic carbocycles. The second kappa shape index (κ2) is 6.16. The lowest BCUT2D eigenvalue weighted by Gasteiger charge is -2.08. The van der Waals surface area contributed by atoms with E-state index >= 15 is 0 Å². The van der Waals surface area contributed by atoms with Gasteiger partial charge in [0.15, 0.2) is 0 Å². The largest absolute Gasteiger partial charge is 0.399 e. The summed E-state index contributed by atoms with van der Waals surface area (Å²) in [6, 6.07) is 6.26. The molecule has 0 saturated heterocycles. The number of nitrogen functional groups attached to an aromatic ring is 1. The van der Waals surface area contributed by atoms with Crippen LogP contribution in [0.3, 0.4) is 0 Å². The number of anilines is 1. The van der Waals surface area contributed by atoms with Crippen LogP contribution in [0.25, 0.3) is 10.9 Å². The van der Waals surface area contributed by atoms with Gasteiger partial charge in [0.25, 0.3) is 0 Å². The van der Waals surface area contributed by atoms with Crippen molar-refractivity contribution in [3.05, 3.63) is 24.4 Å². The zero-order valence-corrected chi connectivity index (χ0v) is 11.8. The molecule has 0 aliphatic rings. The van der Waals surface area contributed by atoms with E-state index in [9.17, 15) is 0 Å². The number of nitrogens with zero attached hydrogens (tertiary/aromatic N) is 1. The highest BCUT2D eigenvalue weighted by atomic mass is 32.2. The molecule has 98 valence electrons. The minimum absolute atomic E-state index is 0.788. The fourth-order valence-electron chi connectivity index (χ4n) is 2.13. The number of nitrogens with two attached hydrogens (primary N) is 1. The van der Waals surface area contributed by atoms with Crippen LogP contribution in [0.1, 0.15) is 13.3 Å². The first kappa shape index (κ1) is 13.3. The van der Waals surface area contributed by atoms with Gasteiger partial charge in [-0.3, -0.25) is 0 Å². The quantitative estimate of drug-likeness (QED) is 0.494. The molecule has 2 N–H and O–H groups in total.